The summed E-state index contributed by atoms with van der Waals surface area (Å²) >= 11 is 1.81. The molecule has 0 amide bonds. The maximum atomic E-state index is 11.4. The van der Waals surface area contributed by atoms with E-state index in [2.05, 4.69) is 10.0 Å². The van der Waals surface area contributed by atoms with Gasteiger partial charge in [0.25, 0.3) is 5.69 Å². The number of halogens is 1. The Hall–Kier alpha value is -1.67. The molecule has 0 spiro atoms. The standard InChI is InChI=1S/C8H5IN4O3/c9-4-7(14)5-2-1-3-6(11-12-10)8(5)13(15)16/h1-3H,4H2. The number of hydrogen-bond acceptors (Lipinski definition) is 4. The topological polar surface area (TPSA) is 109 Å². The molecule has 8 heteroatoms. The van der Waals surface area contributed by atoms with Crippen LogP contribution in [-0.2, 0) is 0 Å². The number of nitro benzene ring substituents is 1. The molecule has 1 aromatic carbocycles. The van der Waals surface area contributed by atoms with Gasteiger partial charge in [0, 0.05) is 4.91 Å². The molecule has 1 aromatic rings. The fraction of sp³-hybridized carbons (Fsp3) is 0.125. The summed E-state index contributed by atoms with van der Waals surface area (Å²) in [7, 11) is 0. The van der Waals surface area contributed by atoms with Crippen molar-refractivity contribution in [1.29, 1.82) is 0 Å². The summed E-state index contributed by atoms with van der Waals surface area (Å²) in [5.41, 5.74) is 7.63. The van der Waals surface area contributed by atoms with Crippen molar-refractivity contribution in [2.24, 2.45) is 5.11 Å². The van der Waals surface area contributed by atoms with Gasteiger partial charge >= 0.3 is 0 Å². The Bertz CT molecular complexity index is 496. The molecule has 0 aromatic heterocycles. The van der Waals surface area contributed by atoms with Gasteiger partial charge in [-0.15, -0.1) is 0 Å². The third kappa shape index (κ3) is 2.47. The fourth-order valence-corrected chi connectivity index (χ4v) is 1.56. The number of alkyl halides is 1. The molecule has 0 fully saturated rings. The van der Waals surface area contributed by atoms with E-state index in [0.29, 0.717) is 0 Å². The zero-order valence-electron chi connectivity index (χ0n) is 7.83. The predicted octanol–water partition coefficient (Wildman–Crippen LogP) is 3.15. The number of carbonyl (C=O) groups is 1. The highest BCUT2D eigenvalue weighted by Gasteiger charge is 2.22. The minimum Gasteiger partial charge on any atom is -0.293 e. The highest BCUT2D eigenvalue weighted by atomic mass is 127. The van der Waals surface area contributed by atoms with Gasteiger partial charge in [0.15, 0.2) is 5.78 Å². The Labute approximate surface area is 103 Å². The van der Waals surface area contributed by atoms with Crippen LogP contribution in [0.1, 0.15) is 10.4 Å². The van der Waals surface area contributed by atoms with E-state index in [-0.39, 0.29) is 21.5 Å². The quantitative estimate of drug-likeness (QED) is 0.123. The molecular formula is C8H5IN4O3. The molecule has 0 bridgehead atoms. The van der Waals surface area contributed by atoms with E-state index in [4.69, 9.17) is 5.53 Å². The number of Topliss-reactive ketones (excluding diaryl/α,β-unsaturated/α-hetero) is 1. The van der Waals surface area contributed by atoms with Gasteiger partial charge in [0.2, 0.25) is 0 Å². The fourth-order valence-electron chi connectivity index (χ4n) is 1.15. The first-order valence-electron chi connectivity index (χ1n) is 4.03. The minimum atomic E-state index is -0.719. The molecule has 0 atom stereocenters. The summed E-state index contributed by atoms with van der Waals surface area (Å²) in [5.74, 6) is -0.373. The van der Waals surface area contributed by atoms with E-state index in [0.717, 1.165) is 0 Å². The van der Waals surface area contributed by atoms with Crippen LogP contribution in [0.3, 0.4) is 0 Å². The molecule has 0 N–H and O–H groups in total. The van der Waals surface area contributed by atoms with Gasteiger partial charge in [-0.25, -0.2) is 0 Å². The number of nitro groups is 1. The van der Waals surface area contributed by atoms with Crippen molar-refractivity contribution < 1.29 is 9.72 Å². The van der Waals surface area contributed by atoms with Crippen LogP contribution < -0.4 is 0 Å². The summed E-state index contributed by atoms with van der Waals surface area (Å²) in [5, 5.41) is 14.0. The highest BCUT2D eigenvalue weighted by Crippen LogP contribution is 2.31. The molecule has 82 valence electrons. The highest BCUT2D eigenvalue weighted by molar-refractivity contribution is 14.1. The average molecular weight is 332 g/mol. The summed E-state index contributed by atoms with van der Waals surface area (Å²) in [6, 6.07) is 4.08. The average Bonchev–Trinajstić information content (AvgIpc) is 2.27. The minimum absolute atomic E-state index is 0.0377. The zero-order chi connectivity index (χ0) is 12.1. The maximum absolute atomic E-state index is 11.4. The number of nitrogens with zero attached hydrogens (tertiary/aromatic N) is 4. The lowest BCUT2D eigenvalue weighted by molar-refractivity contribution is -0.384. The second-order valence-corrected chi connectivity index (χ2v) is 3.44. The van der Waals surface area contributed by atoms with Crippen LogP contribution in [0.2, 0.25) is 0 Å². The van der Waals surface area contributed by atoms with Crippen molar-refractivity contribution >= 4 is 39.7 Å². The Morgan fingerprint density at radius 2 is 2.31 bits per heavy atom. The molecule has 0 aliphatic carbocycles. The molecule has 0 saturated heterocycles. The van der Waals surface area contributed by atoms with Crippen LogP contribution in [-0.4, -0.2) is 15.1 Å². The first-order valence-corrected chi connectivity index (χ1v) is 5.56. The predicted molar refractivity (Wildman–Crippen MR) is 65.1 cm³/mol. The molecule has 7 nitrogen and oxygen atoms in total. The van der Waals surface area contributed by atoms with E-state index >= 15 is 0 Å². The first-order chi connectivity index (χ1) is 7.61. The van der Waals surface area contributed by atoms with Crippen molar-refractivity contribution in [3.63, 3.8) is 0 Å². The Balaban J connectivity index is 3.50. The van der Waals surface area contributed by atoms with E-state index in [1.807, 2.05) is 22.6 Å². The molecule has 0 saturated carbocycles. The smallest absolute Gasteiger partial charge is 0.289 e. The van der Waals surface area contributed by atoms with Gasteiger partial charge in [-0.3, -0.25) is 14.9 Å². The summed E-state index contributed by atoms with van der Waals surface area (Å²) < 4.78 is 0.123. The number of carbonyl (C=O) groups excluding carboxylic acids is 1. The van der Waals surface area contributed by atoms with Gasteiger partial charge in [-0.1, -0.05) is 33.8 Å². The van der Waals surface area contributed by atoms with Crippen molar-refractivity contribution in [3.8, 4) is 0 Å². The molecule has 0 heterocycles. The van der Waals surface area contributed by atoms with E-state index < -0.39 is 10.6 Å². The van der Waals surface area contributed by atoms with Crippen LogP contribution >= 0.6 is 22.6 Å². The Morgan fingerprint density at radius 3 is 2.81 bits per heavy atom. The van der Waals surface area contributed by atoms with E-state index in [9.17, 15) is 14.9 Å². The molecule has 0 aliphatic rings. The molecule has 0 unspecified atom stereocenters. The number of para-hydroxylation sites is 1. The summed E-state index contributed by atoms with van der Waals surface area (Å²) in [6.07, 6.45) is 0. The van der Waals surface area contributed by atoms with Crippen molar-refractivity contribution in [3.05, 3.63) is 44.3 Å². The van der Waals surface area contributed by atoms with Gasteiger partial charge in [-0.05, 0) is 17.7 Å². The van der Waals surface area contributed by atoms with E-state index in [1.54, 1.807) is 0 Å². The molecule has 1 rings (SSSR count). The van der Waals surface area contributed by atoms with Crippen LogP contribution in [0.15, 0.2) is 23.3 Å². The lowest BCUT2D eigenvalue weighted by Gasteiger charge is -2.01. The van der Waals surface area contributed by atoms with Crippen LogP contribution in [0.25, 0.3) is 10.4 Å². The normalized spacial score (nSPS) is 9.31. The Kier molecular flexibility index (Phi) is 4.20. The van der Waals surface area contributed by atoms with Crippen LogP contribution in [0, 0.1) is 10.1 Å². The van der Waals surface area contributed by atoms with Crippen LogP contribution in [0.5, 0.6) is 0 Å². The van der Waals surface area contributed by atoms with Gasteiger partial charge in [0.1, 0.15) is 5.69 Å². The Morgan fingerprint density at radius 1 is 1.62 bits per heavy atom. The van der Waals surface area contributed by atoms with Crippen molar-refractivity contribution in [1.82, 2.24) is 0 Å². The molecular weight excluding hydrogens is 327 g/mol. The first kappa shape index (κ1) is 12.4. The summed E-state index contributed by atoms with van der Waals surface area (Å²) in [6.45, 7) is 0. The number of hydrogen-bond donors (Lipinski definition) is 0. The lowest BCUT2D eigenvalue weighted by Crippen LogP contribution is -2.04. The second kappa shape index (κ2) is 5.42. The second-order valence-electron chi connectivity index (χ2n) is 2.68. The number of rotatable bonds is 4. The SMILES string of the molecule is [N-]=[N+]=Nc1cccc(C(=O)CI)c1[N+](=O)[O-]. The van der Waals surface area contributed by atoms with Gasteiger partial charge < -0.3 is 0 Å². The number of benzene rings is 1. The maximum Gasteiger partial charge on any atom is 0.289 e. The zero-order valence-corrected chi connectivity index (χ0v) is 9.99. The van der Waals surface area contributed by atoms with Crippen molar-refractivity contribution in [2.45, 2.75) is 0 Å². The van der Waals surface area contributed by atoms with Crippen molar-refractivity contribution in [2.75, 3.05) is 4.43 Å². The molecule has 0 aliphatic heterocycles. The third-order valence-corrected chi connectivity index (χ3v) is 2.46. The lowest BCUT2D eigenvalue weighted by atomic mass is 10.1. The monoisotopic (exact) mass is 332 g/mol. The van der Waals surface area contributed by atoms with Crippen LogP contribution in [0.4, 0.5) is 11.4 Å². The van der Waals surface area contributed by atoms with Gasteiger partial charge in [-0.2, -0.15) is 0 Å². The number of azide groups is 1. The van der Waals surface area contributed by atoms with Gasteiger partial charge in [0.05, 0.1) is 14.9 Å². The molecule has 0 radical (unpaired) electrons. The molecule has 16 heavy (non-hydrogen) atoms. The number of ketones is 1. The third-order valence-electron chi connectivity index (χ3n) is 1.77. The van der Waals surface area contributed by atoms with E-state index in [1.165, 1.54) is 18.2 Å². The largest absolute Gasteiger partial charge is 0.293 e. The summed E-state index contributed by atoms with van der Waals surface area (Å²) in [4.78, 5) is 24.0.